The van der Waals surface area contributed by atoms with Gasteiger partial charge >= 0.3 is 0 Å². The van der Waals surface area contributed by atoms with Crippen LogP contribution in [0.5, 0.6) is 0 Å². The van der Waals surface area contributed by atoms with Gasteiger partial charge in [-0.05, 0) is 31.2 Å². The Kier molecular flexibility index (Phi) is 4.12. The largest absolute Gasteiger partial charge is 0.328 e. The number of thiophene rings is 1. The van der Waals surface area contributed by atoms with Gasteiger partial charge in [0.1, 0.15) is 0 Å². The van der Waals surface area contributed by atoms with E-state index in [9.17, 15) is 4.79 Å². The molecular formula is C10H15NOS. The Hall–Kier alpha value is -0.670. The van der Waals surface area contributed by atoms with Crippen LogP contribution >= 0.6 is 11.3 Å². The van der Waals surface area contributed by atoms with Gasteiger partial charge in [-0.1, -0.05) is 6.07 Å². The molecule has 3 heteroatoms. The zero-order valence-electron chi connectivity index (χ0n) is 7.82. The summed E-state index contributed by atoms with van der Waals surface area (Å²) < 4.78 is 0. The molecule has 0 radical (unpaired) electrons. The van der Waals surface area contributed by atoms with Gasteiger partial charge in [-0.25, -0.2) is 0 Å². The van der Waals surface area contributed by atoms with E-state index in [1.807, 2.05) is 24.4 Å². The summed E-state index contributed by atoms with van der Waals surface area (Å²) in [5.74, 6) is 0.246. The molecule has 0 bridgehead atoms. The lowest BCUT2D eigenvalue weighted by atomic mass is 10.1. The van der Waals surface area contributed by atoms with E-state index in [1.54, 1.807) is 0 Å². The molecule has 1 aromatic heterocycles. The van der Waals surface area contributed by atoms with Gasteiger partial charge < -0.3 is 5.73 Å². The average Bonchev–Trinajstić information content (AvgIpc) is 2.55. The number of ketones is 1. The fourth-order valence-electron chi connectivity index (χ4n) is 1.15. The first-order valence-electron chi connectivity index (χ1n) is 4.52. The average molecular weight is 197 g/mol. The summed E-state index contributed by atoms with van der Waals surface area (Å²) in [5.41, 5.74) is 5.59. The van der Waals surface area contributed by atoms with E-state index in [4.69, 9.17) is 5.73 Å². The van der Waals surface area contributed by atoms with Crippen molar-refractivity contribution in [1.29, 1.82) is 0 Å². The van der Waals surface area contributed by atoms with Gasteiger partial charge in [-0.2, -0.15) is 0 Å². The molecule has 0 aliphatic carbocycles. The highest BCUT2D eigenvalue weighted by Crippen LogP contribution is 2.13. The van der Waals surface area contributed by atoms with Crippen molar-refractivity contribution in [1.82, 2.24) is 0 Å². The second-order valence-corrected chi connectivity index (χ2v) is 4.22. The standard InChI is InChI=1S/C10H15NOS/c1-8(11)4-2-5-9(12)10-6-3-7-13-10/h3,6-8H,2,4-5,11H2,1H3. The molecule has 0 fully saturated rings. The first kappa shape index (κ1) is 10.4. The Morgan fingerprint density at radius 1 is 1.69 bits per heavy atom. The fraction of sp³-hybridized carbons (Fsp3) is 0.500. The van der Waals surface area contributed by atoms with Crippen LogP contribution in [0.25, 0.3) is 0 Å². The quantitative estimate of drug-likeness (QED) is 0.737. The van der Waals surface area contributed by atoms with Crippen LogP contribution < -0.4 is 5.73 Å². The highest BCUT2D eigenvalue weighted by molar-refractivity contribution is 7.12. The molecule has 0 aliphatic rings. The first-order chi connectivity index (χ1) is 6.20. The number of nitrogens with two attached hydrogens (primary N) is 1. The minimum absolute atomic E-state index is 0.205. The lowest BCUT2D eigenvalue weighted by molar-refractivity contribution is 0.0983. The van der Waals surface area contributed by atoms with Crippen molar-refractivity contribution in [3.05, 3.63) is 22.4 Å². The Morgan fingerprint density at radius 2 is 2.46 bits per heavy atom. The molecule has 72 valence electrons. The topological polar surface area (TPSA) is 43.1 Å². The molecule has 0 saturated carbocycles. The number of carbonyl (C=O) groups excluding carboxylic acids is 1. The Bertz CT molecular complexity index is 254. The molecule has 13 heavy (non-hydrogen) atoms. The van der Waals surface area contributed by atoms with E-state index >= 15 is 0 Å². The minimum Gasteiger partial charge on any atom is -0.328 e. The maximum atomic E-state index is 11.5. The van der Waals surface area contributed by atoms with Crippen molar-refractivity contribution in [2.24, 2.45) is 5.73 Å². The number of hydrogen-bond donors (Lipinski definition) is 1. The third kappa shape index (κ3) is 3.70. The third-order valence-electron chi connectivity index (χ3n) is 1.86. The highest BCUT2D eigenvalue weighted by Gasteiger charge is 2.06. The summed E-state index contributed by atoms with van der Waals surface area (Å²) in [6, 6.07) is 3.98. The molecule has 1 atom stereocenters. The van der Waals surface area contributed by atoms with Crippen LogP contribution in [-0.2, 0) is 0 Å². The number of carbonyl (C=O) groups is 1. The van der Waals surface area contributed by atoms with E-state index in [-0.39, 0.29) is 11.8 Å². The van der Waals surface area contributed by atoms with Crippen LogP contribution in [-0.4, -0.2) is 11.8 Å². The molecule has 0 spiro atoms. The number of rotatable bonds is 5. The Labute approximate surface area is 82.8 Å². The molecule has 1 unspecified atom stereocenters. The molecule has 2 N–H and O–H groups in total. The predicted octanol–water partition coefficient (Wildman–Crippen LogP) is 2.45. The van der Waals surface area contributed by atoms with Crippen molar-refractivity contribution in [2.45, 2.75) is 32.2 Å². The van der Waals surface area contributed by atoms with E-state index < -0.39 is 0 Å². The highest BCUT2D eigenvalue weighted by atomic mass is 32.1. The fourth-order valence-corrected chi connectivity index (χ4v) is 1.84. The first-order valence-corrected chi connectivity index (χ1v) is 5.40. The van der Waals surface area contributed by atoms with Gasteiger partial charge in [0.15, 0.2) is 5.78 Å². The second kappa shape index (κ2) is 5.14. The lowest BCUT2D eigenvalue weighted by Crippen LogP contribution is -2.14. The van der Waals surface area contributed by atoms with Gasteiger partial charge in [0.05, 0.1) is 4.88 Å². The minimum atomic E-state index is 0.205. The van der Waals surface area contributed by atoms with E-state index in [2.05, 4.69) is 0 Å². The van der Waals surface area contributed by atoms with Crippen LogP contribution in [0.3, 0.4) is 0 Å². The van der Waals surface area contributed by atoms with Crippen LogP contribution in [0.1, 0.15) is 35.9 Å². The smallest absolute Gasteiger partial charge is 0.172 e. The lowest BCUT2D eigenvalue weighted by Gasteiger charge is -2.02. The SMILES string of the molecule is CC(N)CCCC(=O)c1cccs1. The van der Waals surface area contributed by atoms with Crippen molar-refractivity contribution >= 4 is 17.1 Å². The molecule has 0 aromatic carbocycles. The van der Waals surface area contributed by atoms with E-state index in [0.29, 0.717) is 6.42 Å². The summed E-state index contributed by atoms with van der Waals surface area (Å²) in [6.07, 6.45) is 2.45. The van der Waals surface area contributed by atoms with Gasteiger partial charge in [0.25, 0.3) is 0 Å². The molecule has 1 heterocycles. The predicted molar refractivity (Wildman–Crippen MR) is 56.1 cm³/mol. The maximum absolute atomic E-state index is 11.5. The summed E-state index contributed by atoms with van der Waals surface area (Å²) in [7, 11) is 0. The zero-order chi connectivity index (χ0) is 9.68. The monoisotopic (exact) mass is 197 g/mol. The molecule has 0 amide bonds. The molecule has 1 rings (SSSR count). The summed E-state index contributed by atoms with van der Waals surface area (Å²) in [6.45, 7) is 1.97. The van der Waals surface area contributed by atoms with Crippen LogP contribution in [0.15, 0.2) is 17.5 Å². The number of hydrogen-bond acceptors (Lipinski definition) is 3. The van der Waals surface area contributed by atoms with E-state index in [1.165, 1.54) is 11.3 Å². The van der Waals surface area contributed by atoms with Crippen LogP contribution in [0, 0.1) is 0 Å². The van der Waals surface area contributed by atoms with Crippen molar-refractivity contribution in [3.8, 4) is 0 Å². The Balaban J connectivity index is 2.27. The maximum Gasteiger partial charge on any atom is 0.172 e. The van der Waals surface area contributed by atoms with Crippen molar-refractivity contribution in [2.75, 3.05) is 0 Å². The van der Waals surface area contributed by atoms with Crippen molar-refractivity contribution in [3.63, 3.8) is 0 Å². The summed E-state index contributed by atoms with van der Waals surface area (Å²) in [5, 5.41) is 1.93. The van der Waals surface area contributed by atoms with Crippen LogP contribution in [0.4, 0.5) is 0 Å². The van der Waals surface area contributed by atoms with E-state index in [0.717, 1.165) is 17.7 Å². The molecule has 0 saturated heterocycles. The molecular weight excluding hydrogens is 182 g/mol. The summed E-state index contributed by atoms with van der Waals surface area (Å²) >= 11 is 1.51. The van der Waals surface area contributed by atoms with Crippen molar-refractivity contribution < 1.29 is 4.79 Å². The zero-order valence-corrected chi connectivity index (χ0v) is 8.64. The van der Waals surface area contributed by atoms with Gasteiger partial charge in [-0.3, -0.25) is 4.79 Å². The van der Waals surface area contributed by atoms with Crippen LogP contribution in [0.2, 0.25) is 0 Å². The second-order valence-electron chi connectivity index (χ2n) is 3.27. The normalized spacial score (nSPS) is 12.8. The molecule has 0 aliphatic heterocycles. The molecule has 1 aromatic rings. The van der Waals surface area contributed by atoms with Gasteiger partial charge in [-0.15, -0.1) is 11.3 Å². The third-order valence-corrected chi connectivity index (χ3v) is 2.77. The van der Waals surface area contributed by atoms with Gasteiger partial charge in [0.2, 0.25) is 0 Å². The number of Topliss-reactive ketones (excluding diaryl/α,β-unsaturated/α-hetero) is 1. The Morgan fingerprint density at radius 3 is 3.00 bits per heavy atom. The molecule has 2 nitrogen and oxygen atoms in total. The van der Waals surface area contributed by atoms with Gasteiger partial charge in [0, 0.05) is 12.5 Å². The summed E-state index contributed by atoms with van der Waals surface area (Å²) in [4.78, 5) is 12.3.